The third-order valence-electron chi connectivity index (χ3n) is 1.23. The van der Waals surface area contributed by atoms with Crippen molar-refractivity contribution in [1.82, 2.24) is 5.32 Å². The highest BCUT2D eigenvalue weighted by Gasteiger charge is 2.25. The van der Waals surface area contributed by atoms with Gasteiger partial charge in [-0.3, -0.25) is 9.00 Å². The SMILES string of the molecule is O=C(O)CS(=O)C1CSC(=S)N1. The van der Waals surface area contributed by atoms with E-state index in [9.17, 15) is 9.00 Å². The molecule has 1 aliphatic heterocycles. The van der Waals surface area contributed by atoms with Crippen LogP contribution in [-0.2, 0) is 15.6 Å². The van der Waals surface area contributed by atoms with E-state index in [-0.39, 0.29) is 11.1 Å². The second kappa shape index (κ2) is 4.20. The summed E-state index contributed by atoms with van der Waals surface area (Å²) in [5.41, 5.74) is 0. The standard InChI is InChI=1S/C5H7NO3S3/c7-4(8)2-12(9)3-1-11-5(10)6-3/h3H,1-2H2,(H,6,10)(H,7,8). The van der Waals surface area contributed by atoms with Crippen molar-refractivity contribution in [1.29, 1.82) is 0 Å². The van der Waals surface area contributed by atoms with Crippen LogP contribution in [0.2, 0.25) is 0 Å². The van der Waals surface area contributed by atoms with E-state index < -0.39 is 16.8 Å². The molecule has 0 aromatic heterocycles. The molecule has 2 unspecified atom stereocenters. The zero-order chi connectivity index (χ0) is 9.14. The fourth-order valence-corrected chi connectivity index (χ4v) is 3.34. The Bertz CT molecular complexity index is 242. The van der Waals surface area contributed by atoms with Crippen molar-refractivity contribution in [2.75, 3.05) is 11.5 Å². The lowest BCUT2D eigenvalue weighted by Crippen LogP contribution is -2.33. The lowest BCUT2D eigenvalue weighted by Gasteiger charge is -2.06. The van der Waals surface area contributed by atoms with Crippen LogP contribution in [-0.4, -0.2) is 36.5 Å². The third-order valence-corrected chi connectivity index (χ3v) is 4.24. The molecule has 0 amide bonds. The number of thioether (sulfide) groups is 1. The van der Waals surface area contributed by atoms with E-state index in [1.165, 1.54) is 11.8 Å². The zero-order valence-corrected chi connectivity index (χ0v) is 8.43. The van der Waals surface area contributed by atoms with Gasteiger partial charge in [0.05, 0.1) is 10.8 Å². The predicted octanol–water partition coefficient (Wildman–Crippen LogP) is -0.233. The van der Waals surface area contributed by atoms with Crippen molar-refractivity contribution in [3.63, 3.8) is 0 Å². The van der Waals surface area contributed by atoms with Gasteiger partial charge in [-0.05, 0) is 0 Å². The molecule has 12 heavy (non-hydrogen) atoms. The number of hydrogen-bond donors (Lipinski definition) is 2. The first-order valence-electron chi connectivity index (χ1n) is 3.12. The number of aliphatic carboxylic acids is 1. The Morgan fingerprint density at radius 1 is 1.92 bits per heavy atom. The summed E-state index contributed by atoms with van der Waals surface area (Å²) in [5, 5.41) is 10.8. The molecule has 4 nitrogen and oxygen atoms in total. The van der Waals surface area contributed by atoms with Gasteiger partial charge in [0, 0.05) is 5.75 Å². The molecule has 0 aromatic carbocycles. The van der Waals surface area contributed by atoms with Gasteiger partial charge in [0.1, 0.15) is 15.4 Å². The average molecular weight is 225 g/mol. The minimum atomic E-state index is -1.37. The van der Waals surface area contributed by atoms with Gasteiger partial charge in [-0.15, -0.1) is 0 Å². The zero-order valence-electron chi connectivity index (χ0n) is 5.98. The van der Waals surface area contributed by atoms with Crippen molar-refractivity contribution >= 4 is 45.1 Å². The molecule has 68 valence electrons. The number of hydrogen-bond acceptors (Lipinski definition) is 4. The molecule has 1 aliphatic rings. The predicted molar refractivity (Wildman–Crippen MR) is 52.6 cm³/mol. The highest BCUT2D eigenvalue weighted by Crippen LogP contribution is 2.15. The van der Waals surface area contributed by atoms with Crippen LogP contribution in [0, 0.1) is 0 Å². The van der Waals surface area contributed by atoms with Crippen LogP contribution in [0.1, 0.15) is 0 Å². The maximum Gasteiger partial charge on any atom is 0.316 e. The van der Waals surface area contributed by atoms with E-state index in [2.05, 4.69) is 5.32 Å². The number of carboxylic acids is 1. The van der Waals surface area contributed by atoms with E-state index in [1.54, 1.807) is 0 Å². The van der Waals surface area contributed by atoms with E-state index in [1.807, 2.05) is 0 Å². The molecular formula is C5H7NO3S3. The molecule has 0 bridgehead atoms. The molecule has 1 fully saturated rings. The summed E-state index contributed by atoms with van der Waals surface area (Å²) in [6.45, 7) is 0. The fourth-order valence-electron chi connectivity index (χ4n) is 0.730. The van der Waals surface area contributed by atoms with E-state index in [4.69, 9.17) is 17.3 Å². The van der Waals surface area contributed by atoms with E-state index in [0.717, 1.165) is 0 Å². The molecule has 2 N–H and O–H groups in total. The normalized spacial score (nSPS) is 25.0. The van der Waals surface area contributed by atoms with Crippen LogP contribution in [0.5, 0.6) is 0 Å². The number of carbonyl (C=O) groups is 1. The molecule has 2 atom stereocenters. The van der Waals surface area contributed by atoms with Crippen molar-refractivity contribution in [3.05, 3.63) is 0 Å². The second-order valence-electron chi connectivity index (χ2n) is 2.15. The maximum absolute atomic E-state index is 11.2. The topological polar surface area (TPSA) is 66.4 Å². The minimum absolute atomic E-state index is 0.293. The van der Waals surface area contributed by atoms with Gasteiger partial charge in [0.25, 0.3) is 0 Å². The summed E-state index contributed by atoms with van der Waals surface area (Å²) in [6, 6.07) is 0. The van der Waals surface area contributed by atoms with Gasteiger partial charge in [-0.25, -0.2) is 0 Å². The van der Waals surface area contributed by atoms with Gasteiger partial charge in [-0.2, -0.15) is 0 Å². The first-order chi connectivity index (χ1) is 5.59. The second-order valence-corrected chi connectivity index (χ2v) is 5.47. The number of carboxylic acid groups (broad SMARTS) is 1. The van der Waals surface area contributed by atoms with Gasteiger partial charge in [-0.1, -0.05) is 24.0 Å². The molecule has 1 saturated heterocycles. The summed E-state index contributed by atoms with van der Waals surface area (Å²) >= 11 is 6.19. The van der Waals surface area contributed by atoms with Crippen LogP contribution in [0.15, 0.2) is 0 Å². The van der Waals surface area contributed by atoms with Crippen LogP contribution in [0.4, 0.5) is 0 Å². The van der Waals surface area contributed by atoms with Crippen molar-refractivity contribution in [2.45, 2.75) is 5.37 Å². The van der Waals surface area contributed by atoms with Gasteiger partial charge in [0.2, 0.25) is 0 Å². The first-order valence-corrected chi connectivity index (χ1v) is 5.89. The molecule has 0 aliphatic carbocycles. The van der Waals surface area contributed by atoms with Crippen LogP contribution >= 0.6 is 24.0 Å². The monoisotopic (exact) mass is 225 g/mol. The number of nitrogens with one attached hydrogen (secondary N) is 1. The van der Waals surface area contributed by atoms with E-state index >= 15 is 0 Å². The lowest BCUT2D eigenvalue weighted by atomic mass is 10.7. The van der Waals surface area contributed by atoms with Crippen LogP contribution in [0.3, 0.4) is 0 Å². The Morgan fingerprint density at radius 3 is 3.00 bits per heavy atom. The maximum atomic E-state index is 11.2. The summed E-state index contributed by atoms with van der Waals surface area (Å²) in [7, 11) is -1.37. The van der Waals surface area contributed by atoms with Crippen LogP contribution in [0.25, 0.3) is 0 Å². The molecule has 0 saturated carbocycles. The number of thiocarbonyl (C=S) groups is 1. The minimum Gasteiger partial charge on any atom is -0.481 e. The summed E-state index contributed by atoms with van der Waals surface area (Å²) in [5.74, 6) is -0.766. The van der Waals surface area contributed by atoms with Gasteiger partial charge >= 0.3 is 5.97 Å². The molecule has 0 aromatic rings. The Morgan fingerprint density at radius 2 is 2.58 bits per heavy atom. The molecule has 1 heterocycles. The molecule has 0 spiro atoms. The highest BCUT2D eigenvalue weighted by molar-refractivity contribution is 8.23. The number of rotatable bonds is 3. The van der Waals surface area contributed by atoms with Crippen LogP contribution < -0.4 is 5.32 Å². The quantitative estimate of drug-likeness (QED) is 0.647. The molecule has 1 rings (SSSR count). The Kier molecular flexibility index (Phi) is 3.48. The van der Waals surface area contributed by atoms with E-state index in [0.29, 0.717) is 10.1 Å². The van der Waals surface area contributed by atoms with Crippen molar-refractivity contribution < 1.29 is 14.1 Å². The summed E-state index contributed by atoms with van der Waals surface area (Å²) in [4.78, 5) is 10.2. The molecular weight excluding hydrogens is 218 g/mol. The molecule has 0 radical (unpaired) electrons. The van der Waals surface area contributed by atoms with Crippen molar-refractivity contribution in [2.24, 2.45) is 0 Å². The lowest BCUT2D eigenvalue weighted by molar-refractivity contribution is -0.133. The summed E-state index contributed by atoms with van der Waals surface area (Å²) < 4.78 is 11.8. The Labute approximate surface area is 81.6 Å². The smallest absolute Gasteiger partial charge is 0.316 e. The first kappa shape index (κ1) is 9.94. The average Bonchev–Trinajstić information content (AvgIpc) is 2.34. The van der Waals surface area contributed by atoms with Gasteiger partial charge < -0.3 is 10.4 Å². The van der Waals surface area contributed by atoms with Gasteiger partial charge in [0.15, 0.2) is 0 Å². The molecule has 7 heteroatoms. The summed E-state index contributed by atoms with van der Waals surface area (Å²) in [6.07, 6.45) is 0. The highest BCUT2D eigenvalue weighted by atomic mass is 32.2. The largest absolute Gasteiger partial charge is 0.481 e. The third kappa shape index (κ3) is 2.72. The fraction of sp³-hybridized carbons (Fsp3) is 0.600. The Balaban J connectivity index is 2.43. The Hall–Kier alpha value is -0.140. The van der Waals surface area contributed by atoms with Crippen molar-refractivity contribution in [3.8, 4) is 0 Å².